The molecular weight excluding hydrogens is 182 g/mol. The highest BCUT2D eigenvalue weighted by Crippen LogP contribution is 2.27. The third-order valence-electron chi connectivity index (χ3n) is 2.85. The number of carboxylic acid groups (broad SMARTS) is 1. The van der Waals surface area contributed by atoms with E-state index in [1.807, 2.05) is 0 Å². The summed E-state index contributed by atoms with van der Waals surface area (Å²) in [5.74, 6) is -1.11. The van der Waals surface area contributed by atoms with Gasteiger partial charge < -0.3 is 10.2 Å². The molecule has 1 heterocycles. The van der Waals surface area contributed by atoms with Crippen LogP contribution in [0.5, 0.6) is 0 Å². The van der Waals surface area contributed by atoms with Crippen molar-refractivity contribution in [2.45, 2.75) is 44.8 Å². The summed E-state index contributed by atoms with van der Waals surface area (Å²) >= 11 is 0. The number of hydrogen-bond acceptors (Lipinski definition) is 3. The van der Waals surface area contributed by atoms with Gasteiger partial charge in [-0.15, -0.1) is 0 Å². The zero-order valence-electron chi connectivity index (χ0n) is 8.70. The average molecular weight is 201 g/mol. The number of hydrogen-bond donors (Lipinski definition) is 2. The lowest BCUT2D eigenvalue weighted by Crippen LogP contribution is -2.50. The molecule has 82 valence electrons. The Kier molecular flexibility index (Phi) is 3.89. The molecule has 0 aliphatic carbocycles. The number of carboxylic acids is 1. The molecule has 1 atom stereocenters. The predicted molar refractivity (Wildman–Crippen MR) is 52.9 cm³/mol. The van der Waals surface area contributed by atoms with E-state index in [1.165, 1.54) is 0 Å². The van der Waals surface area contributed by atoms with Crippen molar-refractivity contribution >= 4 is 5.97 Å². The summed E-state index contributed by atoms with van der Waals surface area (Å²) in [5, 5.41) is 18.8. The highest BCUT2D eigenvalue weighted by molar-refractivity contribution is 5.76. The average Bonchev–Trinajstić information content (AvgIpc) is 2.50. The SMILES string of the molecule is CCCCCN1CCCC1(O)C(=O)O. The first-order chi connectivity index (χ1) is 6.61. The van der Waals surface area contributed by atoms with Gasteiger partial charge >= 0.3 is 5.97 Å². The van der Waals surface area contributed by atoms with E-state index >= 15 is 0 Å². The number of rotatable bonds is 5. The van der Waals surface area contributed by atoms with Crippen LogP contribution >= 0.6 is 0 Å². The van der Waals surface area contributed by atoms with Crippen molar-refractivity contribution in [2.75, 3.05) is 13.1 Å². The van der Waals surface area contributed by atoms with E-state index in [9.17, 15) is 9.90 Å². The van der Waals surface area contributed by atoms with Crippen LogP contribution < -0.4 is 0 Å². The minimum Gasteiger partial charge on any atom is -0.478 e. The third-order valence-corrected chi connectivity index (χ3v) is 2.85. The summed E-state index contributed by atoms with van der Waals surface area (Å²) in [5.41, 5.74) is -1.59. The molecule has 0 saturated carbocycles. The van der Waals surface area contributed by atoms with E-state index < -0.39 is 11.7 Å². The molecule has 1 aliphatic rings. The van der Waals surface area contributed by atoms with Crippen LogP contribution in [0.3, 0.4) is 0 Å². The summed E-state index contributed by atoms with van der Waals surface area (Å²) in [6.07, 6.45) is 4.29. The van der Waals surface area contributed by atoms with Gasteiger partial charge in [0.2, 0.25) is 5.72 Å². The Morgan fingerprint density at radius 3 is 2.79 bits per heavy atom. The van der Waals surface area contributed by atoms with E-state index in [0.717, 1.165) is 25.7 Å². The molecule has 0 amide bonds. The first-order valence-electron chi connectivity index (χ1n) is 5.32. The van der Waals surface area contributed by atoms with Crippen molar-refractivity contribution in [3.63, 3.8) is 0 Å². The Morgan fingerprint density at radius 2 is 2.21 bits per heavy atom. The Labute approximate surface area is 84.5 Å². The van der Waals surface area contributed by atoms with Crippen LogP contribution in [0.15, 0.2) is 0 Å². The zero-order chi connectivity index (χ0) is 10.6. The second-order valence-electron chi connectivity index (χ2n) is 3.92. The monoisotopic (exact) mass is 201 g/mol. The van der Waals surface area contributed by atoms with Gasteiger partial charge in [-0.3, -0.25) is 4.90 Å². The third kappa shape index (κ3) is 2.25. The van der Waals surface area contributed by atoms with Crippen LogP contribution in [0, 0.1) is 0 Å². The fourth-order valence-electron chi connectivity index (χ4n) is 1.95. The lowest BCUT2D eigenvalue weighted by atomic mass is 10.1. The number of unbranched alkanes of at least 4 members (excludes halogenated alkanes) is 2. The molecule has 0 aromatic heterocycles. The highest BCUT2D eigenvalue weighted by atomic mass is 16.4. The molecule has 4 nitrogen and oxygen atoms in total. The van der Waals surface area contributed by atoms with Crippen LogP contribution in [-0.2, 0) is 4.79 Å². The van der Waals surface area contributed by atoms with Crippen LogP contribution in [-0.4, -0.2) is 39.9 Å². The Bertz CT molecular complexity index is 208. The van der Waals surface area contributed by atoms with Crippen molar-refractivity contribution in [2.24, 2.45) is 0 Å². The maximum absolute atomic E-state index is 10.9. The fourth-order valence-corrected chi connectivity index (χ4v) is 1.95. The molecule has 1 unspecified atom stereocenters. The fraction of sp³-hybridized carbons (Fsp3) is 0.900. The quantitative estimate of drug-likeness (QED) is 0.653. The second-order valence-corrected chi connectivity index (χ2v) is 3.92. The smallest absolute Gasteiger partial charge is 0.351 e. The van der Waals surface area contributed by atoms with Gasteiger partial charge in [0.25, 0.3) is 0 Å². The van der Waals surface area contributed by atoms with Gasteiger partial charge in [-0.2, -0.15) is 0 Å². The minimum atomic E-state index is -1.59. The van der Waals surface area contributed by atoms with Crippen molar-refractivity contribution in [1.29, 1.82) is 0 Å². The van der Waals surface area contributed by atoms with Crippen molar-refractivity contribution < 1.29 is 15.0 Å². The van der Waals surface area contributed by atoms with Crippen molar-refractivity contribution in [3.8, 4) is 0 Å². The van der Waals surface area contributed by atoms with E-state index in [4.69, 9.17) is 5.11 Å². The zero-order valence-corrected chi connectivity index (χ0v) is 8.70. The van der Waals surface area contributed by atoms with Crippen LogP contribution in [0.25, 0.3) is 0 Å². The van der Waals surface area contributed by atoms with Gasteiger partial charge in [0.15, 0.2) is 0 Å². The maximum Gasteiger partial charge on any atom is 0.351 e. The summed E-state index contributed by atoms with van der Waals surface area (Å²) in [7, 11) is 0. The molecule has 1 rings (SSSR count). The van der Waals surface area contributed by atoms with Gasteiger partial charge in [-0.25, -0.2) is 4.79 Å². The predicted octanol–water partition coefficient (Wildman–Crippen LogP) is 1.05. The van der Waals surface area contributed by atoms with Crippen molar-refractivity contribution in [1.82, 2.24) is 4.90 Å². The molecule has 1 aliphatic heterocycles. The number of aliphatic carboxylic acids is 1. The topological polar surface area (TPSA) is 60.8 Å². The maximum atomic E-state index is 10.9. The highest BCUT2D eigenvalue weighted by Gasteiger charge is 2.45. The minimum absolute atomic E-state index is 0.356. The molecule has 1 saturated heterocycles. The Balaban J connectivity index is 2.46. The molecule has 1 fully saturated rings. The molecule has 4 heteroatoms. The van der Waals surface area contributed by atoms with Gasteiger partial charge in [0.05, 0.1) is 0 Å². The van der Waals surface area contributed by atoms with Gasteiger partial charge in [0, 0.05) is 19.5 Å². The van der Waals surface area contributed by atoms with E-state index in [1.54, 1.807) is 4.90 Å². The molecule has 0 aromatic rings. The van der Waals surface area contributed by atoms with Crippen LogP contribution in [0.2, 0.25) is 0 Å². The van der Waals surface area contributed by atoms with E-state index in [2.05, 4.69) is 6.92 Å². The van der Waals surface area contributed by atoms with Gasteiger partial charge in [0.1, 0.15) is 0 Å². The van der Waals surface area contributed by atoms with E-state index in [0.29, 0.717) is 19.5 Å². The molecule has 0 radical (unpaired) electrons. The molecular formula is C10H19NO3. The number of aliphatic hydroxyl groups is 1. The number of nitrogens with zero attached hydrogens (tertiary/aromatic N) is 1. The molecule has 0 spiro atoms. The lowest BCUT2D eigenvalue weighted by molar-refractivity contribution is -0.176. The summed E-state index contributed by atoms with van der Waals surface area (Å²) in [6, 6.07) is 0. The number of carbonyl (C=O) groups is 1. The molecule has 0 aromatic carbocycles. The molecule has 2 N–H and O–H groups in total. The normalized spacial score (nSPS) is 28.1. The first kappa shape index (κ1) is 11.5. The number of likely N-dealkylation sites (tertiary alicyclic amines) is 1. The molecule has 0 bridgehead atoms. The summed E-state index contributed by atoms with van der Waals surface area (Å²) < 4.78 is 0. The standard InChI is InChI=1S/C10H19NO3/c1-2-3-4-7-11-8-5-6-10(11,14)9(12)13/h14H,2-8H2,1H3,(H,12,13). The van der Waals surface area contributed by atoms with E-state index in [-0.39, 0.29) is 0 Å². The lowest BCUT2D eigenvalue weighted by Gasteiger charge is -2.29. The Morgan fingerprint density at radius 1 is 1.50 bits per heavy atom. The second kappa shape index (κ2) is 4.75. The Hall–Kier alpha value is -0.610. The van der Waals surface area contributed by atoms with Crippen LogP contribution in [0.4, 0.5) is 0 Å². The first-order valence-corrected chi connectivity index (χ1v) is 5.32. The largest absolute Gasteiger partial charge is 0.478 e. The van der Waals surface area contributed by atoms with Gasteiger partial charge in [-0.05, 0) is 12.8 Å². The molecule has 14 heavy (non-hydrogen) atoms. The van der Waals surface area contributed by atoms with Gasteiger partial charge in [-0.1, -0.05) is 19.8 Å². The summed E-state index contributed by atoms with van der Waals surface area (Å²) in [6.45, 7) is 3.50. The summed E-state index contributed by atoms with van der Waals surface area (Å²) in [4.78, 5) is 12.6. The van der Waals surface area contributed by atoms with Crippen LogP contribution in [0.1, 0.15) is 39.0 Å². The van der Waals surface area contributed by atoms with Crippen molar-refractivity contribution in [3.05, 3.63) is 0 Å².